The maximum atomic E-state index is 13.6. The summed E-state index contributed by atoms with van der Waals surface area (Å²) in [4.78, 5) is 24.0. The van der Waals surface area contributed by atoms with E-state index >= 15 is 0 Å². The molecular weight excluding hydrogens is 459 g/mol. The van der Waals surface area contributed by atoms with Crippen LogP contribution in [0.3, 0.4) is 0 Å². The molecule has 1 aromatic carbocycles. The topological polar surface area (TPSA) is 105 Å². The highest BCUT2D eigenvalue weighted by atomic mass is 32.2. The molecule has 1 fully saturated rings. The molecule has 0 unspecified atom stereocenters. The molecule has 2 N–H and O–H groups in total. The largest absolute Gasteiger partial charge is 0.417 e. The van der Waals surface area contributed by atoms with Gasteiger partial charge in [-0.3, -0.25) is 20.4 Å². The Bertz CT molecular complexity index is 1080. The highest BCUT2D eigenvalue weighted by Gasteiger charge is 2.38. The SMILES string of the molecule is Cc1cc(C(F)(F)F)c(C(=O)NNC(=O)c2ccsc2)cc1S(=O)(=O)N1CCOCC1. The lowest BCUT2D eigenvalue weighted by Crippen LogP contribution is -2.43. The van der Waals surface area contributed by atoms with E-state index < -0.39 is 44.0 Å². The summed E-state index contributed by atoms with van der Waals surface area (Å²) in [5.41, 5.74) is 1.76. The summed E-state index contributed by atoms with van der Waals surface area (Å²) in [7, 11) is -4.16. The lowest BCUT2D eigenvalue weighted by molar-refractivity contribution is -0.138. The quantitative estimate of drug-likeness (QED) is 0.657. The van der Waals surface area contributed by atoms with Crippen LogP contribution in [0, 0.1) is 6.92 Å². The van der Waals surface area contributed by atoms with E-state index in [2.05, 4.69) is 0 Å². The molecule has 1 aliphatic heterocycles. The van der Waals surface area contributed by atoms with Crippen LogP contribution >= 0.6 is 11.3 Å². The normalized spacial score (nSPS) is 15.5. The highest BCUT2D eigenvalue weighted by Crippen LogP contribution is 2.35. The van der Waals surface area contributed by atoms with Crippen LogP contribution in [0.15, 0.2) is 33.9 Å². The average molecular weight is 477 g/mol. The maximum Gasteiger partial charge on any atom is 0.417 e. The Balaban J connectivity index is 1.96. The van der Waals surface area contributed by atoms with Crippen LogP contribution in [0.5, 0.6) is 0 Å². The molecule has 0 aliphatic carbocycles. The molecule has 168 valence electrons. The number of benzene rings is 1. The van der Waals surface area contributed by atoms with Gasteiger partial charge in [-0.15, -0.1) is 0 Å². The Labute approximate surface area is 180 Å². The lowest BCUT2D eigenvalue weighted by atomic mass is 10.0. The van der Waals surface area contributed by atoms with Crippen LogP contribution in [0.2, 0.25) is 0 Å². The third-order valence-electron chi connectivity index (χ3n) is 4.53. The molecule has 1 aliphatic rings. The number of ether oxygens (including phenoxy) is 1. The maximum absolute atomic E-state index is 13.6. The van der Waals surface area contributed by atoms with Gasteiger partial charge >= 0.3 is 6.18 Å². The first-order chi connectivity index (χ1) is 14.5. The number of aryl methyl sites for hydroxylation is 1. The van der Waals surface area contributed by atoms with Gasteiger partial charge in [-0.25, -0.2) is 8.42 Å². The predicted molar refractivity (Wildman–Crippen MR) is 105 cm³/mol. The summed E-state index contributed by atoms with van der Waals surface area (Å²) in [6.07, 6.45) is -4.92. The smallest absolute Gasteiger partial charge is 0.379 e. The number of rotatable bonds is 4. The van der Waals surface area contributed by atoms with Crippen LogP contribution in [-0.4, -0.2) is 50.8 Å². The van der Waals surface area contributed by atoms with Crippen molar-refractivity contribution in [1.29, 1.82) is 0 Å². The van der Waals surface area contributed by atoms with Gasteiger partial charge in [0, 0.05) is 18.5 Å². The van der Waals surface area contributed by atoms with Gasteiger partial charge in [0.15, 0.2) is 0 Å². The summed E-state index contributed by atoms with van der Waals surface area (Å²) in [6, 6.07) is 2.77. The first kappa shape index (κ1) is 23.2. The van der Waals surface area contributed by atoms with E-state index in [4.69, 9.17) is 4.74 Å². The number of thiophene rings is 1. The van der Waals surface area contributed by atoms with Gasteiger partial charge in [-0.1, -0.05) is 0 Å². The lowest BCUT2D eigenvalue weighted by Gasteiger charge is -2.27. The van der Waals surface area contributed by atoms with Crippen LogP contribution < -0.4 is 10.9 Å². The van der Waals surface area contributed by atoms with Crippen molar-refractivity contribution in [1.82, 2.24) is 15.2 Å². The molecule has 13 heteroatoms. The highest BCUT2D eigenvalue weighted by molar-refractivity contribution is 7.89. The summed E-state index contributed by atoms with van der Waals surface area (Å²) in [6.45, 7) is 1.62. The molecule has 31 heavy (non-hydrogen) atoms. The van der Waals surface area contributed by atoms with Gasteiger partial charge in [0.1, 0.15) is 0 Å². The number of nitrogens with zero attached hydrogens (tertiary/aromatic N) is 1. The number of halogens is 3. The van der Waals surface area contributed by atoms with Gasteiger partial charge in [0.05, 0.1) is 34.8 Å². The molecule has 0 atom stereocenters. The summed E-state index contributed by atoms with van der Waals surface area (Å²) in [5, 5.41) is 3.10. The number of sulfonamides is 1. The number of hydrazine groups is 1. The molecule has 0 bridgehead atoms. The van der Waals surface area contributed by atoms with Crippen molar-refractivity contribution in [3.05, 3.63) is 51.2 Å². The van der Waals surface area contributed by atoms with Crippen molar-refractivity contribution in [2.24, 2.45) is 0 Å². The molecular formula is C18H18F3N3O5S2. The molecule has 8 nitrogen and oxygen atoms in total. The number of carbonyl (C=O) groups excluding carboxylic acids is 2. The molecule has 0 radical (unpaired) electrons. The average Bonchev–Trinajstić information content (AvgIpc) is 3.26. The Kier molecular flexibility index (Phi) is 6.69. The first-order valence-corrected chi connectivity index (χ1v) is 11.3. The summed E-state index contributed by atoms with van der Waals surface area (Å²) < 4.78 is 72.8. The Hall–Kier alpha value is -2.48. The number of alkyl halides is 3. The second-order valence-electron chi connectivity index (χ2n) is 6.60. The van der Waals surface area contributed by atoms with Gasteiger partial charge in [0.2, 0.25) is 10.0 Å². The van der Waals surface area contributed by atoms with Crippen molar-refractivity contribution in [2.75, 3.05) is 26.3 Å². The molecule has 3 rings (SSSR count). The van der Waals surface area contributed by atoms with Gasteiger partial charge in [0.25, 0.3) is 11.8 Å². The van der Waals surface area contributed by atoms with E-state index in [0.717, 1.165) is 4.31 Å². The van der Waals surface area contributed by atoms with E-state index in [-0.39, 0.29) is 37.4 Å². The molecule has 2 amide bonds. The fourth-order valence-corrected chi connectivity index (χ4v) is 5.24. The standard InChI is InChI=1S/C18H18F3N3O5S2/c1-11-8-14(18(19,20)21)13(17(26)23-22-16(25)12-2-7-30-10-12)9-15(11)31(27,28)24-3-5-29-6-4-24/h2,7-10H,3-6H2,1H3,(H,22,25)(H,23,26). The molecule has 0 saturated carbocycles. The van der Waals surface area contributed by atoms with Crippen molar-refractivity contribution >= 4 is 33.2 Å². The minimum atomic E-state index is -4.92. The Morgan fingerprint density at radius 2 is 1.77 bits per heavy atom. The monoisotopic (exact) mass is 477 g/mol. The minimum absolute atomic E-state index is 0.0427. The van der Waals surface area contributed by atoms with Crippen LogP contribution in [-0.2, 0) is 20.9 Å². The zero-order valence-electron chi connectivity index (χ0n) is 16.2. The van der Waals surface area contributed by atoms with E-state index in [9.17, 15) is 31.2 Å². The molecule has 2 aromatic rings. The molecule has 2 heterocycles. The van der Waals surface area contributed by atoms with Crippen molar-refractivity contribution in [3.63, 3.8) is 0 Å². The zero-order chi connectivity index (χ0) is 22.8. The number of nitrogens with one attached hydrogen (secondary N) is 2. The number of amides is 2. The van der Waals surface area contributed by atoms with Gasteiger partial charge in [-0.05, 0) is 36.1 Å². The fraction of sp³-hybridized carbons (Fsp3) is 0.333. The second-order valence-corrected chi connectivity index (χ2v) is 9.28. The number of hydrogen-bond donors (Lipinski definition) is 2. The number of carbonyl (C=O) groups is 2. The molecule has 1 saturated heterocycles. The summed E-state index contributed by atoms with van der Waals surface area (Å²) in [5.74, 6) is -2.02. The van der Waals surface area contributed by atoms with Gasteiger partial charge in [-0.2, -0.15) is 28.8 Å². The van der Waals surface area contributed by atoms with Crippen molar-refractivity contribution < 1.29 is 35.9 Å². The van der Waals surface area contributed by atoms with E-state index in [1.54, 1.807) is 5.38 Å². The third-order valence-corrected chi connectivity index (χ3v) is 7.25. The number of hydrogen-bond acceptors (Lipinski definition) is 6. The van der Waals surface area contributed by atoms with Crippen molar-refractivity contribution in [2.45, 2.75) is 18.0 Å². The fourth-order valence-electron chi connectivity index (χ4n) is 2.96. The minimum Gasteiger partial charge on any atom is -0.379 e. The zero-order valence-corrected chi connectivity index (χ0v) is 17.8. The second kappa shape index (κ2) is 8.94. The third kappa shape index (κ3) is 5.06. The predicted octanol–water partition coefficient (Wildman–Crippen LogP) is 2.17. The Morgan fingerprint density at radius 1 is 1.13 bits per heavy atom. The Morgan fingerprint density at radius 3 is 2.35 bits per heavy atom. The van der Waals surface area contributed by atoms with E-state index in [1.165, 1.54) is 29.7 Å². The van der Waals surface area contributed by atoms with Crippen molar-refractivity contribution in [3.8, 4) is 0 Å². The van der Waals surface area contributed by atoms with Crippen LogP contribution in [0.4, 0.5) is 13.2 Å². The molecule has 1 aromatic heterocycles. The van der Waals surface area contributed by atoms with Gasteiger partial charge < -0.3 is 4.74 Å². The summed E-state index contributed by atoms with van der Waals surface area (Å²) >= 11 is 1.22. The van der Waals surface area contributed by atoms with E-state index in [1.807, 2.05) is 10.9 Å². The van der Waals surface area contributed by atoms with Crippen LogP contribution in [0.25, 0.3) is 0 Å². The number of morpholine rings is 1. The van der Waals surface area contributed by atoms with Crippen LogP contribution in [0.1, 0.15) is 31.8 Å². The molecule has 0 spiro atoms. The first-order valence-electron chi connectivity index (χ1n) is 8.94. The van der Waals surface area contributed by atoms with E-state index in [0.29, 0.717) is 12.1 Å².